The van der Waals surface area contributed by atoms with Gasteiger partial charge in [0.1, 0.15) is 5.75 Å². The first-order valence-electron chi connectivity index (χ1n) is 9.24. The number of hydrogen-bond donors (Lipinski definition) is 1. The molecule has 0 aliphatic heterocycles. The van der Waals surface area contributed by atoms with Crippen molar-refractivity contribution in [3.63, 3.8) is 0 Å². The quantitative estimate of drug-likeness (QED) is 0.578. The average Bonchev–Trinajstić information content (AvgIpc) is 2.24. The Hall–Kier alpha value is -0.980. The maximum absolute atomic E-state index is 11.0. The van der Waals surface area contributed by atoms with Gasteiger partial charge in [-0.3, -0.25) is 0 Å². The maximum atomic E-state index is 11.0. The summed E-state index contributed by atoms with van der Waals surface area (Å²) in [6.45, 7) is 27.0. The second kappa shape index (κ2) is 6.07. The summed E-state index contributed by atoms with van der Waals surface area (Å²) in [6, 6.07) is 4.51. The van der Waals surface area contributed by atoms with E-state index in [0.29, 0.717) is 11.7 Å². The normalized spacial score (nSPS) is 14.4. The van der Waals surface area contributed by atoms with Gasteiger partial charge in [-0.25, -0.2) is 0 Å². The highest BCUT2D eigenvalue weighted by molar-refractivity contribution is 5.51. The highest BCUT2D eigenvalue weighted by Gasteiger charge is 2.38. The zero-order valence-electron chi connectivity index (χ0n) is 18.2. The predicted octanol–water partition coefficient (Wildman–Crippen LogP) is 7.16. The summed E-state index contributed by atoms with van der Waals surface area (Å²) in [7, 11) is 0. The van der Waals surface area contributed by atoms with E-state index in [1.54, 1.807) is 0 Å². The lowest BCUT2D eigenvalue weighted by Gasteiger charge is -2.42. The van der Waals surface area contributed by atoms with Gasteiger partial charge in [-0.1, -0.05) is 95.2 Å². The molecule has 0 bridgehead atoms. The molecule has 0 unspecified atom stereocenters. The molecule has 0 aliphatic carbocycles. The Morgan fingerprint density at radius 1 is 0.625 bits per heavy atom. The maximum Gasteiger partial charge on any atom is 0.123 e. The van der Waals surface area contributed by atoms with E-state index in [-0.39, 0.29) is 21.7 Å². The number of rotatable bonds is 1. The third-order valence-electron chi connectivity index (χ3n) is 4.81. The molecule has 1 heteroatoms. The molecule has 0 radical (unpaired) electrons. The molecule has 24 heavy (non-hydrogen) atoms. The Kier molecular flexibility index (Phi) is 5.33. The van der Waals surface area contributed by atoms with Crippen LogP contribution in [0.2, 0.25) is 0 Å². The van der Waals surface area contributed by atoms with Crippen LogP contribution in [0.25, 0.3) is 0 Å². The molecule has 0 aliphatic rings. The molecule has 0 heterocycles. The minimum absolute atomic E-state index is 0.0829. The molecule has 0 aromatic heterocycles. The van der Waals surface area contributed by atoms with Gasteiger partial charge in [0.25, 0.3) is 0 Å². The van der Waals surface area contributed by atoms with Gasteiger partial charge < -0.3 is 5.11 Å². The Morgan fingerprint density at radius 3 is 1.12 bits per heavy atom. The molecule has 1 aromatic rings. The Bertz CT molecular complexity index is 531. The van der Waals surface area contributed by atoms with Gasteiger partial charge in [0.05, 0.1) is 0 Å². The first-order valence-corrected chi connectivity index (χ1v) is 9.24. The molecule has 1 rings (SSSR count). The van der Waals surface area contributed by atoms with Crippen LogP contribution in [0.15, 0.2) is 12.1 Å². The van der Waals surface area contributed by atoms with Gasteiger partial charge in [0.15, 0.2) is 0 Å². The van der Waals surface area contributed by atoms with Crippen molar-refractivity contribution in [3.05, 3.63) is 28.8 Å². The second-order valence-electron chi connectivity index (χ2n) is 11.6. The van der Waals surface area contributed by atoms with Crippen molar-refractivity contribution in [1.82, 2.24) is 0 Å². The van der Waals surface area contributed by atoms with Gasteiger partial charge in [0, 0.05) is 0 Å². The van der Waals surface area contributed by atoms with Crippen molar-refractivity contribution in [2.75, 3.05) is 0 Å². The summed E-state index contributed by atoms with van der Waals surface area (Å²) in [5.74, 6) is 0.883. The van der Waals surface area contributed by atoms with Crippen LogP contribution in [-0.4, -0.2) is 5.11 Å². The fourth-order valence-electron chi connectivity index (χ4n) is 4.27. The van der Waals surface area contributed by atoms with Crippen molar-refractivity contribution in [1.29, 1.82) is 0 Å². The van der Waals surface area contributed by atoms with Crippen LogP contribution >= 0.6 is 0 Å². The van der Waals surface area contributed by atoms with Crippen molar-refractivity contribution >= 4 is 0 Å². The molecule has 0 saturated carbocycles. The Labute approximate surface area is 150 Å². The van der Waals surface area contributed by atoms with E-state index in [9.17, 15) is 5.11 Å². The molecule has 138 valence electrons. The summed E-state index contributed by atoms with van der Waals surface area (Å²) < 4.78 is 0. The van der Waals surface area contributed by atoms with Crippen LogP contribution < -0.4 is 0 Å². The van der Waals surface area contributed by atoms with Gasteiger partial charge in [-0.2, -0.15) is 0 Å². The van der Waals surface area contributed by atoms with E-state index in [4.69, 9.17) is 0 Å². The van der Waals surface area contributed by atoms with Crippen LogP contribution in [-0.2, 0) is 10.8 Å². The predicted molar refractivity (Wildman–Crippen MR) is 107 cm³/mol. The summed E-state index contributed by atoms with van der Waals surface area (Å²) >= 11 is 0. The first kappa shape index (κ1) is 21.1. The first-order chi connectivity index (χ1) is 10.4. The lowest BCUT2D eigenvalue weighted by atomic mass is 9.62. The monoisotopic (exact) mass is 332 g/mol. The summed E-state index contributed by atoms with van der Waals surface area (Å²) in [5, 5.41) is 11.0. The molecule has 1 nitrogen and oxygen atoms in total. The van der Waals surface area contributed by atoms with E-state index in [1.807, 2.05) is 0 Å². The van der Waals surface area contributed by atoms with Crippen LogP contribution in [0, 0.1) is 10.8 Å². The van der Waals surface area contributed by atoms with Crippen molar-refractivity contribution in [2.24, 2.45) is 10.8 Å². The molecular weight excluding hydrogens is 292 g/mol. The van der Waals surface area contributed by atoms with Crippen LogP contribution in [0.4, 0.5) is 0 Å². The average molecular weight is 333 g/mol. The Balaban J connectivity index is 3.83. The zero-order chi connectivity index (χ0) is 19.3. The van der Waals surface area contributed by atoms with Crippen LogP contribution in [0.1, 0.15) is 106 Å². The number of benzene rings is 1. The molecule has 0 atom stereocenters. The topological polar surface area (TPSA) is 20.2 Å². The smallest absolute Gasteiger partial charge is 0.123 e. The summed E-state index contributed by atoms with van der Waals surface area (Å²) in [5.41, 5.74) is 3.61. The lowest BCUT2D eigenvalue weighted by molar-refractivity contribution is 0.175. The summed E-state index contributed by atoms with van der Waals surface area (Å²) in [4.78, 5) is 0. The highest BCUT2D eigenvalue weighted by atomic mass is 16.3. The molecule has 0 saturated heterocycles. The number of aromatic hydroxyl groups is 1. The van der Waals surface area contributed by atoms with E-state index in [0.717, 1.165) is 11.1 Å². The number of hydrogen-bond acceptors (Lipinski definition) is 1. The van der Waals surface area contributed by atoms with Crippen LogP contribution in [0.5, 0.6) is 5.75 Å². The molecule has 1 N–H and O–H groups in total. The van der Waals surface area contributed by atoms with Gasteiger partial charge in [0.2, 0.25) is 0 Å². The third-order valence-corrected chi connectivity index (χ3v) is 4.81. The SMILES string of the molecule is CC(C)(C)c1cc(C(C(C)(C)C)C(C)(C)C)cc(C(C)(C)C)c1O. The molecule has 0 fully saturated rings. The van der Waals surface area contributed by atoms with Crippen LogP contribution in [0.3, 0.4) is 0 Å². The third kappa shape index (κ3) is 4.55. The van der Waals surface area contributed by atoms with E-state index >= 15 is 0 Å². The lowest BCUT2D eigenvalue weighted by Crippen LogP contribution is -2.31. The van der Waals surface area contributed by atoms with E-state index in [1.165, 1.54) is 5.56 Å². The largest absolute Gasteiger partial charge is 0.507 e. The minimum Gasteiger partial charge on any atom is -0.507 e. The fraction of sp³-hybridized carbons (Fsp3) is 0.739. The van der Waals surface area contributed by atoms with Gasteiger partial charge >= 0.3 is 0 Å². The van der Waals surface area contributed by atoms with Crippen molar-refractivity contribution in [2.45, 2.75) is 99.8 Å². The fourth-order valence-corrected chi connectivity index (χ4v) is 4.27. The molecule has 0 spiro atoms. The van der Waals surface area contributed by atoms with Gasteiger partial charge in [-0.15, -0.1) is 0 Å². The molecular formula is C23H40O. The molecule has 1 aromatic carbocycles. The van der Waals surface area contributed by atoms with Crippen molar-refractivity contribution in [3.8, 4) is 5.75 Å². The second-order valence-corrected chi connectivity index (χ2v) is 11.6. The standard InChI is InChI=1S/C23H40O/c1-20(2,3)16-13-15(14-17(18(16)24)21(4,5)6)19(22(7,8)9)23(10,11)12/h13-14,19,24H,1-12H3. The highest BCUT2D eigenvalue weighted by Crippen LogP contribution is 2.50. The van der Waals surface area contributed by atoms with E-state index in [2.05, 4.69) is 95.2 Å². The minimum atomic E-state index is -0.0829. The van der Waals surface area contributed by atoms with Crippen molar-refractivity contribution < 1.29 is 5.11 Å². The summed E-state index contributed by atoms with van der Waals surface area (Å²) in [6.07, 6.45) is 0. The number of phenols is 1. The van der Waals surface area contributed by atoms with E-state index < -0.39 is 0 Å². The van der Waals surface area contributed by atoms with Gasteiger partial charge in [-0.05, 0) is 44.3 Å². The number of phenolic OH excluding ortho intramolecular Hbond substituents is 1. The molecule has 0 amide bonds. The zero-order valence-corrected chi connectivity index (χ0v) is 18.2. The Morgan fingerprint density at radius 2 is 0.917 bits per heavy atom.